The van der Waals surface area contributed by atoms with Crippen LogP contribution < -0.4 is 5.73 Å². The second-order valence-electron chi connectivity index (χ2n) is 4.80. The first-order valence-corrected chi connectivity index (χ1v) is 6.28. The zero-order valence-corrected chi connectivity index (χ0v) is 10.7. The summed E-state index contributed by atoms with van der Waals surface area (Å²) in [5.74, 6) is 0. The van der Waals surface area contributed by atoms with E-state index in [1.807, 2.05) is 6.92 Å². The van der Waals surface area contributed by atoms with E-state index >= 15 is 0 Å². The lowest BCUT2D eigenvalue weighted by Gasteiger charge is -2.28. The van der Waals surface area contributed by atoms with E-state index < -0.39 is 0 Å². The van der Waals surface area contributed by atoms with Crippen LogP contribution in [-0.2, 0) is 11.3 Å². The monoisotopic (exact) mass is 239 g/mol. The van der Waals surface area contributed by atoms with Crippen molar-refractivity contribution in [2.75, 3.05) is 12.3 Å². The standard InChI is InChI=1S/C11H17N3OS/c1-4-15-14-8-6-11(2,3)5-7-9(8)16-10(12)13-7/h4-6H2,1-3H3,(H2,12,13). The van der Waals surface area contributed by atoms with Crippen molar-refractivity contribution in [2.45, 2.75) is 33.6 Å². The summed E-state index contributed by atoms with van der Waals surface area (Å²) in [6, 6.07) is 0. The van der Waals surface area contributed by atoms with Gasteiger partial charge in [0.25, 0.3) is 0 Å². The van der Waals surface area contributed by atoms with Crippen molar-refractivity contribution >= 4 is 22.2 Å². The number of nitrogens with zero attached hydrogens (tertiary/aromatic N) is 2. The van der Waals surface area contributed by atoms with Crippen molar-refractivity contribution in [3.63, 3.8) is 0 Å². The zero-order valence-electron chi connectivity index (χ0n) is 9.91. The molecule has 0 fully saturated rings. The summed E-state index contributed by atoms with van der Waals surface area (Å²) < 4.78 is 0. The van der Waals surface area contributed by atoms with Crippen LogP contribution in [0.15, 0.2) is 5.16 Å². The predicted octanol–water partition coefficient (Wildman–Crippen LogP) is 2.44. The van der Waals surface area contributed by atoms with Crippen molar-refractivity contribution in [3.8, 4) is 0 Å². The lowest BCUT2D eigenvalue weighted by molar-refractivity contribution is 0.156. The topological polar surface area (TPSA) is 60.5 Å². The van der Waals surface area contributed by atoms with E-state index in [0.717, 1.165) is 29.1 Å². The number of nitrogen functional groups attached to an aromatic ring is 1. The van der Waals surface area contributed by atoms with Crippen molar-refractivity contribution < 1.29 is 4.84 Å². The zero-order chi connectivity index (χ0) is 11.8. The lowest BCUT2D eigenvalue weighted by Crippen LogP contribution is -2.26. The average molecular weight is 239 g/mol. The molecule has 2 rings (SSSR count). The fourth-order valence-corrected chi connectivity index (χ4v) is 2.81. The van der Waals surface area contributed by atoms with Gasteiger partial charge in [0.05, 0.1) is 16.3 Å². The summed E-state index contributed by atoms with van der Waals surface area (Å²) in [7, 11) is 0. The maximum Gasteiger partial charge on any atom is 0.180 e. The fourth-order valence-electron chi connectivity index (χ4n) is 1.98. The Morgan fingerprint density at radius 2 is 2.25 bits per heavy atom. The van der Waals surface area contributed by atoms with Gasteiger partial charge in [0.2, 0.25) is 0 Å². The first-order valence-electron chi connectivity index (χ1n) is 5.46. The van der Waals surface area contributed by atoms with Gasteiger partial charge in [0, 0.05) is 0 Å². The highest BCUT2D eigenvalue weighted by Crippen LogP contribution is 2.38. The van der Waals surface area contributed by atoms with Gasteiger partial charge >= 0.3 is 0 Å². The number of anilines is 1. The van der Waals surface area contributed by atoms with Gasteiger partial charge in [-0.25, -0.2) is 4.98 Å². The predicted molar refractivity (Wildman–Crippen MR) is 66.8 cm³/mol. The third-order valence-corrected chi connectivity index (χ3v) is 3.55. The Kier molecular flexibility index (Phi) is 2.88. The molecule has 1 aromatic heterocycles. The lowest BCUT2D eigenvalue weighted by atomic mass is 9.78. The molecule has 0 aromatic carbocycles. The van der Waals surface area contributed by atoms with Gasteiger partial charge in [0.1, 0.15) is 6.61 Å². The van der Waals surface area contributed by atoms with E-state index in [-0.39, 0.29) is 5.41 Å². The third-order valence-electron chi connectivity index (χ3n) is 2.57. The molecular formula is C11H17N3OS. The minimum atomic E-state index is 0.184. The van der Waals surface area contributed by atoms with E-state index in [0.29, 0.717) is 11.7 Å². The van der Waals surface area contributed by atoms with Crippen LogP contribution in [0.4, 0.5) is 5.13 Å². The first-order chi connectivity index (χ1) is 7.52. The van der Waals surface area contributed by atoms with Crippen LogP contribution in [0.3, 0.4) is 0 Å². The normalized spacial score (nSPS) is 20.8. The molecule has 0 aliphatic heterocycles. The summed E-state index contributed by atoms with van der Waals surface area (Å²) >= 11 is 1.51. The Labute approximate surface area is 99.5 Å². The van der Waals surface area contributed by atoms with Crippen molar-refractivity contribution in [1.82, 2.24) is 4.98 Å². The van der Waals surface area contributed by atoms with Gasteiger partial charge in [-0.2, -0.15) is 0 Å². The van der Waals surface area contributed by atoms with Crippen LogP contribution in [0.1, 0.15) is 37.8 Å². The van der Waals surface area contributed by atoms with Crippen LogP contribution >= 0.6 is 11.3 Å². The Hall–Kier alpha value is -1.10. The molecule has 0 saturated heterocycles. The SMILES string of the molecule is CCON=C1CC(C)(C)Cc2nc(N)sc21. The Morgan fingerprint density at radius 1 is 1.50 bits per heavy atom. The van der Waals surface area contributed by atoms with E-state index in [4.69, 9.17) is 10.6 Å². The van der Waals surface area contributed by atoms with E-state index in [9.17, 15) is 0 Å². The highest BCUT2D eigenvalue weighted by atomic mass is 32.1. The largest absolute Gasteiger partial charge is 0.396 e. The molecule has 1 heterocycles. The number of nitrogens with two attached hydrogens (primary N) is 1. The van der Waals surface area contributed by atoms with Crippen LogP contribution in [0.2, 0.25) is 0 Å². The van der Waals surface area contributed by atoms with Crippen LogP contribution in [0.5, 0.6) is 0 Å². The van der Waals surface area contributed by atoms with E-state index in [2.05, 4.69) is 24.0 Å². The molecule has 0 atom stereocenters. The number of aromatic nitrogens is 1. The molecule has 1 aliphatic rings. The van der Waals surface area contributed by atoms with Gasteiger partial charge in [-0.05, 0) is 25.2 Å². The molecule has 0 amide bonds. The Morgan fingerprint density at radius 3 is 2.94 bits per heavy atom. The first kappa shape index (κ1) is 11.4. The van der Waals surface area contributed by atoms with Gasteiger partial charge in [0.15, 0.2) is 5.13 Å². The summed E-state index contributed by atoms with van der Waals surface area (Å²) in [5, 5.41) is 4.80. The molecule has 88 valence electrons. The molecule has 0 bridgehead atoms. The number of rotatable bonds is 2. The number of hydrogen-bond acceptors (Lipinski definition) is 5. The molecule has 0 spiro atoms. The van der Waals surface area contributed by atoms with Gasteiger partial charge in [-0.15, -0.1) is 0 Å². The maximum atomic E-state index is 5.75. The molecule has 1 aromatic rings. The van der Waals surface area contributed by atoms with Crippen LogP contribution in [0.25, 0.3) is 0 Å². The number of oxime groups is 1. The van der Waals surface area contributed by atoms with Crippen molar-refractivity contribution in [1.29, 1.82) is 0 Å². The van der Waals surface area contributed by atoms with Crippen LogP contribution in [0, 0.1) is 5.41 Å². The second-order valence-corrected chi connectivity index (χ2v) is 5.83. The summed E-state index contributed by atoms with van der Waals surface area (Å²) in [6.07, 6.45) is 1.88. The molecule has 0 radical (unpaired) electrons. The highest BCUT2D eigenvalue weighted by molar-refractivity contribution is 7.17. The molecule has 1 aliphatic carbocycles. The smallest absolute Gasteiger partial charge is 0.180 e. The van der Waals surface area contributed by atoms with Crippen LogP contribution in [-0.4, -0.2) is 17.3 Å². The third kappa shape index (κ3) is 2.19. The fraction of sp³-hybridized carbons (Fsp3) is 0.636. The van der Waals surface area contributed by atoms with Crippen molar-refractivity contribution in [2.24, 2.45) is 10.6 Å². The van der Waals surface area contributed by atoms with E-state index in [1.165, 1.54) is 11.3 Å². The quantitative estimate of drug-likeness (QED) is 0.806. The average Bonchev–Trinajstić information content (AvgIpc) is 2.53. The van der Waals surface area contributed by atoms with Gasteiger partial charge in [-0.1, -0.05) is 30.3 Å². The molecule has 4 nitrogen and oxygen atoms in total. The molecule has 0 saturated carbocycles. The van der Waals surface area contributed by atoms with E-state index in [1.54, 1.807) is 0 Å². The number of fused-ring (bicyclic) bond motifs is 1. The molecule has 16 heavy (non-hydrogen) atoms. The van der Waals surface area contributed by atoms with Crippen molar-refractivity contribution in [3.05, 3.63) is 10.6 Å². The summed E-state index contributed by atoms with van der Waals surface area (Å²) in [6.45, 7) is 6.95. The van der Waals surface area contributed by atoms with Gasteiger partial charge in [-0.3, -0.25) is 0 Å². The molecule has 0 unspecified atom stereocenters. The Balaban J connectivity index is 2.39. The minimum Gasteiger partial charge on any atom is -0.396 e. The Bertz CT molecular complexity index is 423. The van der Waals surface area contributed by atoms with Gasteiger partial charge < -0.3 is 10.6 Å². The molecular weight excluding hydrogens is 222 g/mol. The maximum absolute atomic E-state index is 5.75. The number of hydrogen-bond donors (Lipinski definition) is 1. The number of thiazole rings is 1. The summed E-state index contributed by atoms with van der Waals surface area (Å²) in [5.41, 5.74) is 7.99. The minimum absolute atomic E-state index is 0.184. The highest BCUT2D eigenvalue weighted by Gasteiger charge is 2.32. The molecule has 2 N–H and O–H groups in total. The second kappa shape index (κ2) is 4.05. The summed E-state index contributed by atoms with van der Waals surface area (Å²) in [4.78, 5) is 10.6. The molecule has 5 heteroatoms.